The quantitative estimate of drug-likeness (QED) is 0.368. The highest BCUT2D eigenvalue weighted by Gasteiger charge is 2.10. The smallest absolute Gasteiger partial charge is 0.261 e. The molecule has 3 aromatic rings. The number of oxazole rings is 1. The lowest BCUT2D eigenvalue weighted by molar-refractivity contribution is 0.490. The van der Waals surface area contributed by atoms with Crippen LogP contribution in [0.15, 0.2) is 75.9 Å². The number of hydrogen-bond acceptors (Lipinski definition) is 5. The van der Waals surface area contributed by atoms with Gasteiger partial charge in [-0.25, -0.2) is 4.98 Å². The zero-order chi connectivity index (χ0) is 17.6. The van der Waals surface area contributed by atoms with E-state index >= 15 is 0 Å². The molecule has 0 aliphatic carbocycles. The van der Waals surface area contributed by atoms with Gasteiger partial charge in [0.1, 0.15) is 23.2 Å². The van der Waals surface area contributed by atoms with Gasteiger partial charge in [0, 0.05) is 4.91 Å². The second-order valence-electron chi connectivity index (χ2n) is 5.25. The van der Waals surface area contributed by atoms with Crippen molar-refractivity contribution in [1.29, 1.82) is 10.5 Å². The molecule has 1 heterocycles. The van der Waals surface area contributed by atoms with Crippen molar-refractivity contribution in [3.8, 4) is 12.1 Å². The summed E-state index contributed by atoms with van der Waals surface area (Å²) in [5.41, 5.74) is 3.67. The lowest BCUT2D eigenvalue weighted by atomic mass is 10.1. The van der Waals surface area contributed by atoms with E-state index in [1.165, 1.54) is 17.8 Å². The monoisotopic (exact) mass is 343 g/mol. The number of benzene rings is 2. The molecule has 2 aromatic carbocycles. The lowest BCUT2D eigenvalue weighted by Crippen LogP contribution is -1.82. The highest BCUT2D eigenvalue weighted by atomic mass is 32.2. The zero-order valence-electron chi connectivity index (χ0n) is 13.4. The van der Waals surface area contributed by atoms with Crippen molar-refractivity contribution in [1.82, 2.24) is 4.98 Å². The van der Waals surface area contributed by atoms with Crippen LogP contribution in [0, 0.1) is 29.6 Å². The van der Waals surface area contributed by atoms with E-state index in [0.29, 0.717) is 5.22 Å². The summed E-state index contributed by atoms with van der Waals surface area (Å²) in [6.07, 6.45) is 3.25. The first-order chi connectivity index (χ1) is 12.2. The van der Waals surface area contributed by atoms with E-state index in [1.54, 1.807) is 6.08 Å². The first kappa shape index (κ1) is 16.6. The van der Waals surface area contributed by atoms with E-state index in [-0.39, 0.29) is 5.57 Å². The molecule has 0 saturated carbocycles. The van der Waals surface area contributed by atoms with Crippen LogP contribution in [0.25, 0.3) is 16.0 Å². The van der Waals surface area contributed by atoms with Gasteiger partial charge >= 0.3 is 0 Å². The third-order valence-corrected chi connectivity index (χ3v) is 4.39. The summed E-state index contributed by atoms with van der Waals surface area (Å²) >= 11 is 1.36. The number of allylic oxidation sites excluding steroid dienone is 3. The first-order valence-corrected chi connectivity index (χ1v) is 8.34. The van der Waals surface area contributed by atoms with Gasteiger partial charge in [-0.05, 0) is 48.5 Å². The molecule has 120 valence electrons. The minimum Gasteiger partial charge on any atom is -0.431 e. The molecule has 0 saturated heterocycles. The highest BCUT2D eigenvalue weighted by molar-refractivity contribution is 8.08. The van der Waals surface area contributed by atoms with Crippen LogP contribution in [0.4, 0.5) is 0 Å². The number of hydrogen-bond donors (Lipinski definition) is 0. The number of nitrogens with zero attached hydrogens (tertiary/aromatic N) is 3. The molecule has 0 aliphatic heterocycles. The maximum atomic E-state index is 8.92. The van der Waals surface area contributed by atoms with Gasteiger partial charge in [-0.15, -0.1) is 0 Å². The van der Waals surface area contributed by atoms with E-state index in [4.69, 9.17) is 14.9 Å². The summed E-state index contributed by atoms with van der Waals surface area (Å²) in [5, 5.41) is 18.4. The van der Waals surface area contributed by atoms with Gasteiger partial charge in [-0.3, -0.25) is 0 Å². The van der Waals surface area contributed by atoms with E-state index in [9.17, 15) is 0 Å². The molecule has 0 amide bonds. The third-order valence-electron chi connectivity index (χ3n) is 3.45. The summed E-state index contributed by atoms with van der Waals surface area (Å²) in [5.74, 6) is 0. The zero-order valence-corrected chi connectivity index (χ0v) is 14.2. The number of para-hydroxylation sites is 2. The van der Waals surface area contributed by atoms with Crippen LogP contribution in [0.3, 0.4) is 0 Å². The van der Waals surface area contributed by atoms with Crippen molar-refractivity contribution in [2.24, 2.45) is 0 Å². The van der Waals surface area contributed by atoms with Gasteiger partial charge in [-0.2, -0.15) is 10.5 Å². The maximum Gasteiger partial charge on any atom is 0.261 e. The molecule has 0 unspecified atom stereocenters. The number of thioether (sulfide) groups is 1. The van der Waals surface area contributed by atoms with E-state index in [2.05, 4.69) is 4.98 Å². The molecule has 4 nitrogen and oxygen atoms in total. The molecule has 5 heteroatoms. The van der Waals surface area contributed by atoms with Gasteiger partial charge < -0.3 is 4.42 Å². The Bertz CT molecular complexity index is 998. The number of rotatable bonds is 4. The molecule has 0 bridgehead atoms. The van der Waals surface area contributed by atoms with Crippen LogP contribution in [0.5, 0.6) is 0 Å². The van der Waals surface area contributed by atoms with Gasteiger partial charge in [0.15, 0.2) is 5.58 Å². The Morgan fingerprint density at radius 3 is 2.44 bits per heavy atom. The SMILES string of the molecule is Cc1ccc(C(=CC=C(C#N)C#N)Sc2nc3ccccc3o2)cc1. The Hall–Kier alpha value is -3.28. The number of fused-ring (bicyclic) bond motifs is 1. The Kier molecular flexibility index (Phi) is 4.99. The van der Waals surface area contributed by atoms with Crippen LogP contribution in [-0.4, -0.2) is 4.98 Å². The Morgan fingerprint density at radius 2 is 1.76 bits per heavy atom. The highest BCUT2D eigenvalue weighted by Crippen LogP contribution is 2.35. The van der Waals surface area contributed by atoms with E-state index in [0.717, 1.165) is 27.1 Å². The molecule has 25 heavy (non-hydrogen) atoms. The minimum absolute atomic E-state index is 0.0442. The van der Waals surface area contributed by atoms with Gasteiger partial charge in [0.05, 0.1) is 0 Å². The lowest BCUT2D eigenvalue weighted by Gasteiger charge is -2.04. The maximum absolute atomic E-state index is 8.92. The predicted molar refractivity (Wildman–Crippen MR) is 98.3 cm³/mol. The van der Waals surface area contributed by atoms with Crippen LogP contribution >= 0.6 is 11.8 Å². The standard InChI is InChI=1S/C20H13N3OS/c1-14-6-9-16(10-7-14)19(11-8-15(12-21)13-22)25-20-23-17-4-2-3-5-18(17)24-20/h2-11H,1H3. The first-order valence-electron chi connectivity index (χ1n) is 7.52. The summed E-state index contributed by atoms with van der Waals surface area (Å²) in [6, 6.07) is 19.3. The van der Waals surface area contributed by atoms with Crippen molar-refractivity contribution in [2.75, 3.05) is 0 Å². The molecule has 0 fully saturated rings. The Morgan fingerprint density at radius 1 is 1.04 bits per heavy atom. The molecule has 0 N–H and O–H groups in total. The van der Waals surface area contributed by atoms with Gasteiger partial charge in [0.2, 0.25) is 0 Å². The number of aryl methyl sites for hydroxylation is 1. The van der Waals surface area contributed by atoms with Crippen molar-refractivity contribution < 1.29 is 4.42 Å². The average Bonchev–Trinajstić information content (AvgIpc) is 3.04. The molecular weight excluding hydrogens is 330 g/mol. The summed E-state index contributed by atoms with van der Waals surface area (Å²) < 4.78 is 5.76. The topological polar surface area (TPSA) is 73.6 Å². The fourth-order valence-corrected chi connectivity index (χ4v) is 3.01. The minimum atomic E-state index is 0.0442. The summed E-state index contributed by atoms with van der Waals surface area (Å²) in [4.78, 5) is 5.31. The second kappa shape index (κ2) is 7.53. The molecule has 0 spiro atoms. The molecule has 0 aliphatic rings. The Balaban J connectivity index is 2.00. The third kappa shape index (κ3) is 3.98. The molecule has 3 rings (SSSR count). The van der Waals surface area contributed by atoms with Crippen LogP contribution in [0.1, 0.15) is 11.1 Å². The Labute approximate surface area is 149 Å². The molecule has 1 aromatic heterocycles. The van der Waals surface area contributed by atoms with Crippen molar-refractivity contribution in [3.63, 3.8) is 0 Å². The van der Waals surface area contributed by atoms with Crippen molar-refractivity contribution in [3.05, 3.63) is 77.4 Å². The van der Waals surface area contributed by atoms with E-state index in [1.807, 2.05) is 67.6 Å². The summed E-state index contributed by atoms with van der Waals surface area (Å²) in [7, 11) is 0. The number of nitriles is 2. The second-order valence-corrected chi connectivity index (χ2v) is 6.24. The van der Waals surface area contributed by atoms with Crippen molar-refractivity contribution >= 4 is 27.8 Å². The fourth-order valence-electron chi connectivity index (χ4n) is 2.15. The van der Waals surface area contributed by atoms with Gasteiger partial charge in [0.25, 0.3) is 5.22 Å². The normalized spacial score (nSPS) is 10.9. The van der Waals surface area contributed by atoms with Crippen LogP contribution < -0.4 is 0 Å². The van der Waals surface area contributed by atoms with Crippen LogP contribution in [-0.2, 0) is 0 Å². The van der Waals surface area contributed by atoms with Crippen LogP contribution in [0.2, 0.25) is 0 Å². The molecule has 0 atom stereocenters. The number of aromatic nitrogens is 1. The van der Waals surface area contributed by atoms with E-state index < -0.39 is 0 Å². The summed E-state index contributed by atoms with van der Waals surface area (Å²) in [6.45, 7) is 2.02. The van der Waals surface area contributed by atoms with Crippen molar-refractivity contribution in [2.45, 2.75) is 12.1 Å². The predicted octanol–water partition coefficient (Wildman–Crippen LogP) is 5.24. The molecule has 0 radical (unpaired) electrons. The largest absolute Gasteiger partial charge is 0.431 e. The molecular formula is C20H13N3OS. The van der Waals surface area contributed by atoms with Gasteiger partial charge in [-0.1, -0.05) is 42.0 Å². The fraction of sp³-hybridized carbons (Fsp3) is 0.0500. The average molecular weight is 343 g/mol.